The van der Waals surface area contributed by atoms with Crippen LogP contribution >= 0.6 is 23.4 Å². The first-order valence-corrected chi connectivity index (χ1v) is 5.80. The second-order valence-electron chi connectivity index (χ2n) is 3.06. The fourth-order valence-corrected chi connectivity index (χ4v) is 2.79. The summed E-state index contributed by atoms with van der Waals surface area (Å²) in [5, 5.41) is 0.580. The lowest BCUT2D eigenvalue weighted by atomic mass is 10.2. The van der Waals surface area contributed by atoms with Crippen LogP contribution in [0.25, 0.3) is 4.91 Å². The van der Waals surface area contributed by atoms with Gasteiger partial charge in [-0.3, -0.25) is 0 Å². The summed E-state index contributed by atoms with van der Waals surface area (Å²) in [5.74, 6) is 0.748. The standard InChI is InChI=1S/C11H11ClS/c12-8-10-6-7-11(13-10)9-4-2-1-3-5-9/h1-5,7,10H,6,8H2. The van der Waals surface area contributed by atoms with Crippen LogP contribution in [-0.2, 0) is 0 Å². The molecule has 0 aliphatic carbocycles. The summed E-state index contributed by atoms with van der Waals surface area (Å²) in [4.78, 5) is 1.38. The van der Waals surface area contributed by atoms with Gasteiger partial charge in [-0.05, 0) is 12.0 Å². The quantitative estimate of drug-likeness (QED) is 0.670. The summed E-state index contributed by atoms with van der Waals surface area (Å²) >= 11 is 7.70. The lowest BCUT2D eigenvalue weighted by Gasteiger charge is -2.04. The van der Waals surface area contributed by atoms with Gasteiger partial charge in [0.2, 0.25) is 0 Å². The Labute approximate surface area is 88.0 Å². The topological polar surface area (TPSA) is 0 Å². The van der Waals surface area contributed by atoms with Crippen molar-refractivity contribution in [3.63, 3.8) is 0 Å². The van der Waals surface area contributed by atoms with Crippen molar-refractivity contribution >= 4 is 28.3 Å². The maximum atomic E-state index is 5.81. The van der Waals surface area contributed by atoms with E-state index in [9.17, 15) is 0 Å². The predicted molar refractivity (Wildman–Crippen MR) is 61.1 cm³/mol. The minimum absolute atomic E-state index is 0.580. The van der Waals surface area contributed by atoms with Crippen molar-refractivity contribution in [1.82, 2.24) is 0 Å². The van der Waals surface area contributed by atoms with Crippen LogP contribution in [0.2, 0.25) is 0 Å². The van der Waals surface area contributed by atoms with Gasteiger partial charge in [0.1, 0.15) is 0 Å². The first-order valence-electron chi connectivity index (χ1n) is 4.38. The number of hydrogen-bond donors (Lipinski definition) is 0. The van der Waals surface area contributed by atoms with Gasteiger partial charge in [0.05, 0.1) is 0 Å². The van der Waals surface area contributed by atoms with Crippen LogP contribution in [0.15, 0.2) is 36.4 Å². The summed E-state index contributed by atoms with van der Waals surface area (Å²) in [6, 6.07) is 10.5. The number of allylic oxidation sites excluding steroid dienone is 1. The molecule has 0 saturated heterocycles. The fourth-order valence-electron chi connectivity index (χ4n) is 1.40. The third kappa shape index (κ3) is 2.09. The van der Waals surface area contributed by atoms with Crippen molar-refractivity contribution in [3.05, 3.63) is 42.0 Å². The molecule has 1 aromatic carbocycles. The largest absolute Gasteiger partial charge is 0.125 e. The SMILES string of the molecule is ClCC1CC=C(c2ccccc2)S1. The van der Waals surface area contributed by atoms with E-state index in [-0.39, 0.29) is 0 Å². The van der Waals surface area contributed by atoms with E-state index in [2.05, 4.69) is 30.3 Å². The molecule has 0 spiro atoms. The highest BCUT2D eigenvalue weighted by Crippen LogP contribution is 2.39. The van der Waals surface area contributed by atoms with E-state index in [0.717, 1.165) is 12.3 Å². The molecule has 1 unspecified atom stereocenters. The molecule has 0 aromatic heterocycles. The number of benzene rings is 1. The Morgan fingerprint density at radius 2 is 2.08 bits per heavy atom. The Morgan fingerprint density at radius 3 is 2.69 bits per heavy atom. The van der Waals surface area contributed by atoms with Gasteiger partial charge in [0.25, 0.3) is 0 Å². The Balaban J connectivity index is 2.12. The Hall–Kier alpha value is -0.400. The summed E-state index contributed by atoms with van der Waals surface area (Å²) in [6.07, 6.45) is 3.39. The number of rotatable bonds is 2. The van der Waals surface area contributed by atoms with Gasteiger partial charge in [-0.25, -0.2) is 0 Å². The van der Waals surface area contributed by atoms with Gasteiger partial charge in [-0.1, -0.05) is 36.4 Å². The molecule has 1 aromatic rings. The van der Waals surface area contributed by atoms with Crippen LogP contribution in [0.1, 0.15) is 12.0 Å². The molecule has 0 bridgehead atoms. The van der Waals surface area contributed by atoms with Crippen molar-refractivity contribution in [2.75, 3.05) is 5.88 Å². The van der Waals surface area contributed by atoms with Gasteiger partial charge < -0.3 is 0 Å². The fraction of sp³-hybridized carbons (Fsp3) is 0.273. The van der Waals surface area contributed by atoms with Crippen LogP contribution in [0, 0.1) is 0 Å². The molecule has 1 aliphatic heterocycles. The second-order valence-corrected chi connectivity index (χ2v) is 4.72. The Bertz CT molecular complexity index is 305. The molecule has 1 aliphatic rings. The van der Waals surface area contributed by atoms with E-state index in [4.69, 9.17) is 11.6 Å². The van der Waals surface area contributed by atoms with Crippen molar-refractivity contribution in [3.8, 4) is 0 Å². The van der Waals surface area contributed by atoms with Crippen LogP contribution < -0.4 is 0 Å². The molecule has 0 amide bonds. The molecule has 1 atom stereocenters. The van der Waals surface area contributed by atoms with Gasteiger partial charge in [-0.2, -0.15) is 0 Å². The van der Waals surface area contributed by atoms with Crippen molar-refractivity contribution in [2.24, 2.45) is 0 Å². The zero-order valence-electron chi connectivity index (χ0n) is 7.24. The van der Waals surface area contributed by atoms with E-state index >= 15 is 0 Å². The summed E-state index contributed by atoms with van der Waals surface area (Å²) in [6.45, 7) is 0. The molecule has 1 heterocycles. The zero-order valence-corrected chi connectivity index (χ0v) is 8.81. The molecule has 0 fully saturated rings. The maximum absolute atomic E-state index is 5.81. The van der Waals surface area contributed by atoms with E-state index in [0.29, 0.717) is 5.25 Å². The predicted octanol–water partition coefficient (Wildman–Crippen LogP) is 3.77. The first-order chi connectivity index (χ1) is 6.40. The molecular weight excluding hydrogens is 200 g/mol. The molecule has 0 radical (unpaired) electrons. The average Bonchev–Trinajstić information content (AvgIpc) is 2.67. The first kappa shape index (κ1) is 9.17. The highest BCUT2D eigenvalue weighted by molar-refractivity contribution is 8.09. The van der Waals surface area contributed by atoms with Crippen LogP contribution in [-0.4, -0.2) is 11.1 Å². The zero-order chi connectivity index (χ0) is 9.10. The van der Waals surface area contributed by atoms with E-state index < -0.39 is 0 Å². The van der Waals surface area contributed by atoms with Gasteiger partial charge in [0, 0.05) is 16.0 Å². The minimum atomic E-state index is 0.580. The van der Waals surface area contributed by atoms with Crippen LogP contribution in [0.5, 0.6) is 0 Å². The third-order valence-corrected chi connectivity index (χ3v) is 3.99. The molecule has 68 valence electrons. The van der Waals surface area contributed by atoms with E-state index in [1.165, 1.54) is 10.5 Å². The smallest absolute Gasteiger partial charge is 0.0349 e. The van der Waals surface area contributed by atoms with Gasteiger partial charge in [-0.15, -0.1) is 23.4 Å². The molecule has 13 heavy (non-hydrogen) atoms. The Kier molecular flexibility index (Phi) is 2.97. The molecule has 2 rings (SSSR count). The van der Waals surface area contributed by atoms with Crippen LogP contribution in [0.4, 0.5) is 0 Å². The number of thioether (sulfide) groups is 1. The molecule has 0 nitrogen and oxygen atoms in total. The molecular formula is C11H11ClS. The Morgan fingerprint density at radius 1 is 1.31 bits per heavy atom. The molecule has 0 saturated carbocycles. The number of halogens is 1. The lowest BCUT2D eigenvalue weighted by molar-refractivity contribution is 1.01. The monoisotopic (exact) mass is 210 g/mol. The summed E-state index contributed by atoms with van der Waals surface area (Å²) in [7, 11) is 0. The average molecular weight is 211 g/mol. The summed E-state index contributed by atoms with van der Waals surface area (Å²) < 4.78 is 0. The second kappa shape index (κ2) is 4.21. The van der Waals surface area contributed by atoms with Crippen LogP contribution in [0.3, 0.4) is 0 Å². The highest BCUT2D eigenvalue weighted by Gasteiger charge is 2.17. The van der Waals surface area contributed by atoms with Gasteiger partial charge in [0.15, 0.2) is 0 Å². The normalized spacial score (nSPS) is 21.6. The maximum Gasteiger partial charge on any atom is 0.0349 e. The number of hydrogen-bond acceptors (Lipinski definition) is 1. The highest BCUT2D eigenvalue weighted by atomic mass is 35.5. The minimum Gasteiger partial charge on any atom is -0.125 e. The van der Waals surface area contributed by atoms with E-state index in [1.807, 2.05) is 17.8 Å². The van der Waals surface area contributed by atoms with Crippen molar-refractivity contribution < 1.29 is 0 Å². The molecule has 2 heteroatoms. The van der Waals surface area contributed by atoms with Gasteiger partial charge >= 0.3 is 0 Å². The lowest BCUT2D eigenvalue weighted by Crippen LogP contribution is -1.96. The summed E-state index contributed by atoms with van der Waals surface area (Å²) in [5.41, 5.74) is 1.32. The van der Waals surface area contributed by atoms with Crippen molar-refractivity contribution in [2.45, 2.75) is 11.7 Å². The molecule has 0 N–H and O–H groups in total. The third-order valence-electron chi connectivity index (χ3n) is 2.09. The van der Waals surface area contributed by atoms with E-state index in [1.54, 1.807) is 0 Å². The number of alkyl halides is 1. The van der Waals surface area contributed by atoms with Crippen molar-refractivity contribution in [1.29, 1.82) is 0 Å².